The van der Waals surface area contributed by atoms with Crippen LogP contribution in [0.1, 0.15) is 32.1 Å². The Morgan fingerprint density at radius 3 is 3.00 bits per heavy atom. The first-order chi connectivity index (χ1) is 10.7. The van der Waals surface area contributed by atoms with Gasteiger partial charge in [-0.2, -0.15) is 0 Å². The zero-order valence-corrected chi connectivity index (χ0v) is 14.1. The Bertz CT molecular complexity index is 523. The third kappa shape index (κ3) is 4.07. The van der Waals surface area contributed by atoms with Gasteiger partial charge in [0.15, 0.2) is 0 Å². The van der Waals surface area contributed by atoms with Crippen molar-refractivity contribution in [3.63, 3.8) is 0 Å². The van der Waals surface area contributed by atoms with Crippen LogP contribution in [0, 0.1) is 0 Å². The van der Waals surface area contributed by atoms with Crippen molar-refractivity contribution in [3.8, 4) is 5.75 Å². The first-order valence-corrected chi connectivity index (χ1v) is 9.30. The second-order valence-corrected chi connectivity index (χ2v) is 7.59. The molecule has 1 aromatic rings. The minimum Gasteiger partial charge on any atom is -0.487 e. The number of ether oxygens (including phenoxy) is 1. The average Bonchev–Trinajstić information content (AvgIpc) is 3.19. The summed E-state index contributed by atoms with van der Waals surface area (Å²) >= 11 is 7.88. The van der Waals surface area contributed by atoms with Gasteiger partial charge in [0.05, 0.1) is 12.3 Å². The molecule has 0 spiro atoms. The Morgan fingerprint density at radius 1 is 1.41 bits per heavy atom. The van der Waals surface area contributed by atoms with Gasteiger partial charge in [-0.15, -0.1) is 11.8 Å². The molecule has 2 aliphatic rings. The van der Waals surface area contributed by atoms with Gasteiger partial charge >= 0.3 is 0 Å². The maximum absolute atomic E-state index is 12.3. The lowest BCUT2D eigenvalue weighted by Gasteiger charge is -2.18. The molecule has 120 valence electrons. The number of pyridine rings is 1. The number of hydrogen-bond acceptors (Lipinski definition) is 4. The van der Waals surface area contributed by atoms with Crippen molar-refractivity contribution in [1.82, 2.24) is 9.88 Å². The van der Waals surface area contributed by atoms with Crippen molar-refractivity contribution in [2.75, 3.05) is 18.8 Å². The monoisotopic (exact) mass is 340 g/mol. The van der Waals surface area contributed by atoms with Gasteiger partial charge in [0, 0.05) is 36.7 Å². The molecule has 0 bridgehead atoms. The molecule has 0 N–H and O–H groups in total. The Kier molecular flexibility index (Phi) is 5.47. The molecule has 1 atom stereocenters. The van der Waals surface area contributed by atoms with Crippen LogP contribution in [0.25, 0.3) is 0 Å². The topological polar surface area (TPSA) is 42.4 Å². The van der Waals surface area contributed by atoms with Gasteiger partial charge in [0.1, 0.15) is 16.9 Å². The number of halogens is 1. The van der Waals surface area contributed by atoms with Crippen LogP contribution in [-0.4, -0.2) is 46.0 Å². The molecule has 1 aromatic heterocycles. The molecule has 0 aromatic carbocycles. The summed E-state index contributed by atoms with van der Waals surface area (Å²) in [7, 11) is 0. The van der Waals surface area contributed by atoms with Crippen molar-refractivity contribution in [3.05, 3.63) is 23.5 Å². The van der Waals surface area contributed by atoms with Gasteiger partial charge in [-0.3, -0.25) is 9.78 Å². The molecule has 2 fully saturated rings. The zero-order valence-electron chi connectivity index (χ0n) is 12.5. The van der Waals surface area contributed by atoms with Gasteiger partial charge in [0.2, 0.25) is 5.91 Å². The number of aromatic nitrogens is 1. The highest BCUT2D eigenvalue weighted by atomic mass is 35.5. The second-order valence-electron chi connectivity index (χ2n) is 5.89. The lowest BCUT2D eigenvalue weighted by atomic mass is 10.3. The first kappa shape index (κ1) is 15.9. The first-order valence-electron chi connectivity index (χ1n) is 7.88. The Hall–Kier alpha value is -0.940. The highest BCUT2D eigenvalue weighted by Crippen LogP contribution is 2.30. The van der Waals surface area contributed by atoms with Gasteiger partial charge in [-0.25, -0.2) is 0 Å². The van der Waals surface area contributed by atoms with Crippen LogP contribution in [0.5, 0.6) is 5.75 Å². The molecular weight excluding hydrogens is 320 g/mol. The average molecular weight is 341 g/mol. The van der Waals surface area contributed by atoms with Gasteiger partial charge in [-0.05, 0) is 12.8 Å². The summed E-state index contributed by atoms with van der Waals surface area (Å²) in [5.74, 6) is 1.49. The van der Waals surface area contributed by atoms with Crippen LogP contribution in [0.2, 0.25) is 5.02 Å². The van der Waals surface area contributed by atoms with E-state index in [0.717, 1.165) is 13.0 Å². The summed E-state index contributed by atoms with van der Waals surface area (Å²) in [5.41, 5.74) is 0. The molecule has 1 amide bonds. The van der Waals surface area contributed by atoms with Crippen LogP contribution in [0.15, 0.2) is 18.5 Å². The van der Waals surface area contributed by atoms with Crippen LogP contribution < -0.4 is 4.74 Å². The fourth-order valence-corrected chi connectivity index (χ4v) is 4.42. The normalized spacial score (nSPS) is 22.2. The summed E-state index contributed by atoms with van der Waals surface area (Å²) < 4.78 is 5.89. The largest absolute Gasteiger partial charge is 0.487 e. The van der Waals surface area contributed by atoms with E-state index in [1.807, 2.05) is 16.7 Å². The van der Waals surface area contributed by atoms with E-state index >= 15 is 0 Å². The van der Waals surface area contributed by atoms with Crippen LogP contribution >= 0.6 is 23.4 Å². The summed E-state index contributed by atoms with van der Waals surface area (Å²) in [6, 6.07) is 1.77. The number of likely N-dealkylation sites (tertiary alicyclic amines) is 1. The summed E-state index contributed by atoms with van der Waals surface area (Å²) in [5, 5.41) is 1.21. The SMILES string of the molecule is O=C(CSC1CCCC1)N1CC[C@H](Oc2ccncc2Cl)C1. The lowest BCUT2D eigenvalue weighted by molar-refractivity contribution is -0.127. The fraction of sp³-hybridized carbons (Fsp3) is 0.625. The van der Waals surface area contributed by atoms with E-state index in [2.05, 4.69) is 4.98 Å². The molecule has 1 aliphatic carbocycles. The van der Waals surface area contributed by atoms with Crippen LogP contribution in [0.3, 0.4) is 0 Å². The molecule has 22 heavy (non-hydrogen) atoms. The number of nitrogens with zero attached hydrogens (tertiary/aromatic N) is 2. The number of thioether (sulfide) groups is 1. The van der Waals surface area contributed by atoms with E-state index < -0.39 is 0 Å². The highest BCUT2D eigenvalue weighted by molar-refractivity contribution is 8.00. The number of hydrogen-bond donors (Lipinski definition) is 0. The zero-order chi connectivity index (χ0) is 15.4. The van der Waals surface area contributed by atoms with Crippen LogP contribution in [0.4, 0.5) is 0 Å². The van der Waals surface area contributed by atoms with E-state index in [1.54, 1.807) is 18.5 Å². The Labute approximate surface area is 140 Å². The number of rotatable bonds is 5. The van der Waals surface area contributed by atoms with Gasteiger partial charge in [-0.1, -0.05) is 24.4 Å². The van der Waals surface area contributed by atoms with Crippen LogP contribution in [-0.2, 0) is 4.79 Å². The Morgan fingerprint density at radius 2 is 2.23 bits per heavy atom. The molecule has 1 aliphatic heterocycles. The summed E-state index contributed by atoms with van der Waals surface area (Å²) in [4.78, 5) is 18.1. The van der Waals surface area contributed by atoms with Crippen molar-refractivity contribution in [2.45, 2.75) is 43.5 Å². The Balaban J connectivity index is 1.45. The minimum atomic E-state index is 0.0281. The number of carbonyl (C=O) groups is 1. The molecule has 1 saturated heterocycles. The standard InChI is InChI=1S/C16H21ClN2O2S/c17-14-9-18-7-5-15(14)21-12-6-8-19(10-12)16(20)11-22-13-3-1-2-4-13/h5,7,9,12-13H,1-4,6,8,10-11H2/t12-/m0/s1. The quantitative estimate of drug-likeness (QED) is 0.824. The maximum atomic E-state index is 12.3. The third-order valence-electron chi connectivity index (χ3n) is 4.27. The van der Waals surface area contributed by atoms with Gasteiger partial charge in [0.25, 0.3) is 0 Å². The summed E-state index contributed by atoms with van der Waals surface area (Å²) in [6.45, 7) is 1.43. The molecule has 2 heterocycles. The summed E-state index contributed by atoms with van der Waals surface area (Å²) in [6.07, 6.45) is 9.30. The van der Waals surface area contributed by atoms with Crippen molar-refractivity contribution < 1.29 is 9.53 Å². The smallest absolute Gasteiger partial charge is 0.232 e. The highest BCUT2D eigenvalue weighted by Gasteiger charge is 2.28. The van der Waals surface area contributed by atoms with E-state index in [9.17, 15) is 4.79 Å². The predicted octanol–water partition coefficient (Wildman–Crippen LogP) is 3.39. The predicted molar refractivity (Wildman–Crippen MR) is 89.6 cm³/mol. The molecule has 1 saturated carbocycles. The third-order valence-corrected chi connectivity index (χ3v) is 5.91. The number of carbonyl (C=O) groups excluding carboxylic acids is 1. The van der Waals surface area contributed by atoms with E-state index in [4.69, 9.17) is 16.3 Å². The van der Waals surface area contributed by atoms with E-state index in [1.165, 1.54) is 25.7 Å². The fourth-order valence-electron chi connectivity index (χ4n) is 3.02. The second kappa shape index (κ2) is 7.55. The minimum absolute atomic E-state index is 0.0281. The maximum Gasteiger partial charge on any atom is 0.232 e. The molecule has 0 radical (unpaired) electrons. The lowest BCUT2D eigenvalue weighted by Crippen LogP contribution is -2.32. The molecule has 6 heteroatoms. The van der Waals surface area contributed by atoms with E-state index in [-0.39, 0.29) is 12.0 Å². The molecule has 3 rings (SSSR count). The van der Waals surface area contributed by atoms with E-state index in [0.29, 0.717) is 28.3 Å². The number of amides is 1. The van der Waals surface area contributed by atoms with Crippen molar-refractivity contribution >= 4 is 29.3 Å². The molecular formula is C16H21ClN2O2S. The van der Waals surface area contributed by atoms with Gasteiger partial charge < -0.3 is 9.64 Å². The van der Waals surface area contributed by atoms with Crippen molar-refractivity contribution in [1.29, 1.82) is 0 Å². The molecule has 4 nitrogen and oxygen atoms in total. The molecule has 0 unspecified atom stereocenters. The van der Waals surface area contributed by atoms with Crippen molar-refractivity contribution in [2.24, 2.45) is 0 Å².